The first-order chi connectivity index (χ1) is 22.0. The molecule has 5 heterocycles. The molecule has 0 radical (unpaired) electrons. The fourth-order valence-corrected chi connectivity index (χ4v) is 8.90. The number of urea groups is 1. The zero-order valence-corrected chi connectivity index (χ0v) is 29.4. The first-order valence-corrected chi connectivity index (χ1v) is 19.4. The SMILES string of the molecule is CC(C)(C)OC(=O)N1CCC(N2C(=O)N=C3C(CC(c4ccc(-c5ccc(CC6C[I-]6)cc5)o4)=N[N+]3(C)C3CCCC3)C2=O)CC1. The van der Waals surface area contributed by atoms with E-state index in [-0.39, 0.29) is 28.7 Å². The van der Waals surface area contributed by atoms with E-state index in [0.717, 1.165) is 46.6 Å². The molecule has 0 spiro atoms. The molecule has 11 heteroatoms. The number of quaternary nitrogens is 1. The molecule has 0 bridgehead atoms. The molecule has 246 valence electrons. The number of hydrogen-bond acceptors (Lipinski definition) is 6. The summed E-state index contributed by atoms with van der Waals surface area (Å²) in [5.41, 5.74) is 2.56. The number of alkyl halides is 2. The van der Waals surface area contributed by atoms with Crippen LogP contribution in [0.3, 0.4) is 0 Å². The average molecular weight is 742 g/mol. The Morgan fingerprint density at radius 2 is 1.70 bits per heavy atom. The predicted molar refractivity (Wildman–Crippen MR) is 170 cm³/mol. The molecule has 4 amide bonds. The molecule has 10 nitrogen and oxygen atoms in total. The number of likely N-dealkylation sites (tertiary alicyclic amines) is 1. The van der Waals surface area contributed by atoms with Gasteiger partial charge in [-0.05, 0) is 46.5 Å². The molecule has 3 fully saturated rings. The summed E-state index contributed by atoms with van der Waals surface area (Å²) in [6.07, 6.45) is 6.25. The van der Waals surface area contributed by atoms with E-state index >= 15 is 0 Å². The van der Waals surface area contributed by atoms with Crippen molar-refractivity contribution in [1.29, 1.82) is 0 Å². The van der Waals surface area contributed by atoms with Crippen molar-refractivity contribution < 1.29 is 49.3 Å². The van der Waals surface area contributed by atoms with Crippen molar-refractivity contribution in [1.82, 2.24) is 9.80 Å². The number of rotatable bonds is 6. The summed E-state index contributed by atoms with van der Waals surface area (Å²) in [5, 5.41) is 5.23. The predicted octanol–water partition coefficient (Wildman–Crippen LogP) is 2.83. The van der Waals surface area contributed by atoms with Crippen molar-refractivity contribution in [2.45, 2.75) is 93.7 Å². The number of aliphatic imine (C=N–C) groups is 1. The number of nitrogens with zero attached hydrogens (tertiary/aromatic N) is 5. The Morgan fingerprint density at radius 1 is 1.02 bits per heavy atom. The van der Waals surface area contributed by atoms with Crippen LogP contribution in [0.2, 0.25) is 0 Å². The van der Waals surface area contributed by atoms with Crippen molar-refractivity contribution in [2.75, 3.05) is 24.6 Å². The smallest absolute Gasteiger partial charge is 0.273 e. The number of amides is 4. The van der Waals surface area contributed by atoms with Crippen LogP contribution in [0.25, 0.3) is 11.3 Å². The molecule has 3 unspecified atom stereocenters. The molecule has 1 saturated carbocycles. The van der Waals surface area contributed by atoms with Crippen LogP contribution in [-0.4, -0.2) is 90.1 Å². The Kier molecular flexibility index (Phi) is 8.36. The van der Waals surface area contributed by atoms with Crippen LogP contribution in [0, 0.1) is 5.92 Å². The van der Waals surface area contributed by atoms with Crippen LogP contribution in [-0.2, 0) is 16.0 Å². The van der Waals surface area contributed by atoms with E-state index < -0.39 is 17.6 Å². The molecule has 7 rings (SSSR count). The number of carbonyl (C=O) groups is 3. The fraction of sp³-hybridized carbons (Fsp3) is 0.571. The maximum atomic E-state index is 14.3. The van der Waals surface area contributed by atoms with E-state index in [1.807, 2.05) is 40.0 Å². The van der Waals surface area contributed by atoms with Gasteiger partial charge < -0.3 is 9.64 Å². The summed E-state index contributed by atoms with van der Waals surface area (Å²) >= 11 is 0.445. The van der Waals surface area contributed by atoms with E-state index in [9.17, 15) is 14.4 Å². The van der Waals surface area contributed by atoms with Crippen molar-refractivity contribution in [3.05, 3.63) is 47.7 Å². The van der Waals surface area contributed by atoms with Gasteiger partial charge >= 0.3 is 139 Å². The zero-order chi connectivity index (χ0) is 32.2. The first-order valence-electron chi connectivity index (χ1n) is 16.6. The van der Waals surface area contributed by atoms with Gasteiger partial charge in [-0.2, -0.15) is 0 Å². The van der Waals surface area contributed by atoms with Gasteiger partial charge in [0.25, 0.3) is 0 Å². The quantitative estimate of drug-likeness (QED) is 0.258. The Labute approximate surface area is 281 Å². The third-order valence-electron chi connectivity index (χ3n) is 9.93. The van der Waals surface area contributed by atoms with Crippen molar-refractivity contribution >= 4 is 29.6 Å². The Bertz CT molecular complexity index is 1570. The number of piperidine rings is 1. The summed E-state index contributed by atoms with van der Waals surface area (Å²) in [6, 6.07) is 11.9. The van der Waals surface area contributed by atoms with Gasteiger partial charge in [0.2, 0.25) is 11.7 Å². The molecule has 3 atom stereocenters. The molecule has 2 saturated heterocycles. The third-order valence-corrected chi connectivity index (χ3v) is 12.5. The second kappa shape index (κ2) is 12.2. The number of imide groups is 1. The number of hydrogen-bond donors (Lipinski definition) is 0. The minimum atomic E-state index is -0.599. The number of furan rings is 1. The van der Waals surface area contributed by atoms with Crippen LogP contribution in [0.15, 0.2) is 50.9 Å². The summed E-state index contributed by atoms with van der Waals surface area (Å²) in [7, 11) is 2.00. The van der Waals surface area contributed by atoms with Crippen LogP contribution in [0.4, 0.5) is 9.59 Å². The van der Waals surface area contributed by atoms with E-state index in [1.165, 1.54) is 21.3 Å². The Hall–Kier alpha value is -3.06. The van der Waals surface area contributed by atoms with Gasteiger partial charge in [0.15, 0.2) is 0 Å². The molecule has 4 aliphatic heterocycles. The van der Waals surface area contributed by atoms with Gasteiger partial charge in [0.1, 0.15) is 11.6 Å². The van der Waals surface area contributed by atoms with Gasteiger partial charge in [-0.25, -0.2) is 9.59 Å². The monoisotopic (exact) mass is 741 g/mol. The average Bonchev–Trinajstić information content (AvgIpc) is 3.43. The molecule has 5 aliphatic rings. The van der Waals surface area contributed by atoms with Crippen molar-refractivity contribution in [2.24, 2.45) is 16.0 Å². The topological polar surface area (TPSA) is 105 Å². The van der Waals surface area contributed by atoms with Gasteiger partial charge in [-0.3, -0.25) is 9.69 Å². The van der Waals surface area contributed by atoms with E-state index in [4.69, 9.17) is 14.3 Å². The Balaban J connectivity index is 1.13. The number of benzene rings is 1. The molecule has 46 heavy (non-hydrogen) atoms. The van der Waals surface area contributed by atoms with Crippen LogP contribution < -0.4 is 21.2 Å². The third kappa shape index (κ3) is 6.28. The van der Waals surface area contributed by atoms with Crippen LogP contribution >= 0.6 is 0 Å². The normalized spacial score (nSPS) is 27.6. The first kappa shape index (κ1) is 31.5. The second-order valence-electron chi connectivity index (χ2n) is 14.4. The van der Waals surface area contributed by atoms with Crippen LogP contribution in [0.5, 0.6) is 0 Å². The number of fused-ring (bicyclic) bond motifs is 1. The van der Waals surface area contributed by atoms with Gasteiger partial charge in [-0.15, -0.1) is 4.99 Å². The zero-order valence-electron chi connectivity index (χ0n) is 27.2. The summed E-state index contributed by atoms with van der Waals surface area (Å²) < 4.78 is 14.5. The standard InChI is InChI=1S/C35H44IN5O5/c1-35(2,3)46-34(44)39-17-15-25(16-18-39)40-32(42)27-20-28(38-41(4,26-7-5-6-8-26)31(27)37-33(40)43)30-14-13-29(45-30)23-11-9-22(10-12-23)19-24-21-36-24/h9-14,24-27H,5-8,15-21H2,1-4H3. The summed E-state index contributed by atoms with van der Waals surface area (Å²) in [6.45, 7) is 6.36. The number of halogens is 1. The molecular weight excluding hydrogens is 697 g/mol. The van der Waals surface area contributed by atoms with Gasteiger partial charge in [0.05, 0.1) is 7.05 Å². The Morgan fingerprint density at radius 3 is 2.35 bits per heavy atom. The second-order valence-corrected chi connectivity index (χ2v) is 17.9. The minimum Gasteiger partial charge on any atom is -0.273 e. The van der Waals surface area contributed by atoms with E-state index in [1.54, 1.807) is 4.90 Å². The van der Waals surface area contributed by atoms with Crippen molar-refractivity contribution in [3.63, 3.8) is 0 Å². The molecule has 1 aromatic carbocycles. The number of ether oxygens (including phenoxy) is 1. The van der Waals surface area contributed by atoms with Gasteiger partial charge in [-0.1, -0.05) is 0 Å². The van der Waals surface area contributed by atoms with E-state index in [0.29, 0.717) is 65.2 Å². The van der Waals surface area contributed by atoms with Crippen molar-refractivity contribution in [3.8, 4) is 11.3 Å². The maximum absolute atomic E-state index is 14.3. The molecular formula is C35H44IN5O5. The van der Waals surface area contributed by atoms with E-state index in [2.05, 4.69) is 29.3 Å². The van der Waals surface area contributed by atoms with Gasteiger partial charge in [0, 0.05) is 32.0 Å². The molecule has 2 aromatic rings. The minimum absolute atomic E-state index is 0.122. The molecule has 0 N–H and O–H groups in total. The fourth-order valence-electron chi connectivity index (χ4n) is 7.41. The number of amidine groups is 1. The molecule has 1 aromatic heterocycles. The van der Waals surface area contributed by atoms with Crippen LogP contribution in [0.1, 0.15) is 77.0 Å². The molecule has 1 aliphatic carbocycles. The number of carbonyl (C=O) groups excluding carboxylic acids is 3. The summed E-state index contributed by atoms with van der Waals surface area (Å²) in [5.74, 6) is 1.17. The summed E-state index contributed by atoms with van der Waals surface area (Å²) in [4.78, 5) is 48.2.